The number of nitrogens with zero attached hydrogens (tertiary/aromatic N) is 1. The van der Waals surface area contributed by atoms with Gasteiger partial charge in [0.2, 0.25) is 5.91 Å². The van der Waals surface area contributed by atoms with Crippen LogP contribution in [-0.2, 0) is 4.79 Å². The lowest BCUT2D eigenvalue weighted by Crippen LogP contribution is -2.40. The Labute approximate surface area is 122 Å². The number of likely N-dealkylation sites (tertiary alicyclic amines) is 1. The Morgan fingerprint density at radius 3 is 2.71 bits per heavy atom. The van der Waals surface area contributed by atoms with E-state index >= 15 is 0 Å². The van der Waals surface area contributed by atoms with E-state index in [4.69, 9.17) is 0 Å². The maximum Gasteiger partial charge on any atom is 0.227 e. The molecule has 1 fully saturated rings. The lowest BCUT2D eigenvalue weighted by molar-refractivity contribution is -0.129. The highest BCUT2D eigenvalue weighted by Gasteiger charge is 2.40. The van der Waals surface area contributed by atoms with Gasteiger partial charge in [0.15, 0.2) is 5.78 Å². The second-order valence-electron chi connectivity index (χ2n) is 5.65. The van der Waals surface area contributed by atoms with Crippen LogP contribution >= 0.6 is 0 Å². The topological polar surface area (TPSA) is 49.4 Å². The summed E-state index contributed by atoms with van der Waals surface area (Å²) in [7, 11) is 1.58. The highest BCUT2D eigenvalue weighted by atomic mass is 19.1. The van der Waals surface area contributed by atoms with Crippen LogP contribution in [0.5, 0.6) is 0 Å². The Morgan fingerprint density at radius 1 is 1.38 bits per heavy atom. The van der Waals surface area contributed by atoms with Crippen LogP contribution in [0, 0.1) is 17.0 Å². The van der Waals surface area contributed by atoms with E-state index in [2.05, 4.69) is 5.32 Å². The number of benzene rings is 1. The number of carbonyl (C=O) groups is 2. The largest absolute Gasteiger partial charge is 0.359 e. The van der Waals surface area contributed by atoms with Gasteiger partial charge in [-0.25, -0.2) is 8.78 Å². The molecule has 1 aliphatic heterocycles. The fraction of sp³-hybridized carbons (Fsp3) is 0.467. The summed E-state index contributed by atoms with van der Waals surface area (Å²) in [5, 5.41) is 2.62. The number of halogens is 2. The van der Waals surface area contributed by atoms with Crippen molar-refractivity contribution in [1.29, 1.82) is 0 Å². The van der Waals surface area contributed by atoms with E-state index in [1.165, 1.54) is 0 Å². The van der Waals surface area contributed by atoms with Crippen LogP contribution in [0.2, 0.25) is 0 Å². The molecule has 2 rings (SSSR count). The first-order valence-corrected chi connectivity index (χ1v) is 6.78. The van der Waals surface area contributed by atoms with Crippen molar-refractivity contribution in [3.63, 3.8) is 0 Å². The molecule has 1 atom stereocenters. The molecule has 1 aromatic carbocycles. The molecular weight excluding hydrogens is 278 g/mol. The van der Waals surface area contributed by atoms with E-state index in [1.54, 1.807) is 7.05 Å². The van der Waals surface area contributed by atoms with Gasteiger partial charge in [0.1, 0.15) is 11.6 Å². The molecule has 1 aliphatic rings. The summed E-state index contributed by atoms with van der Waals surface area (Å²) in [6, 6.07) is 2.92. The van der Waals surface area contributed by atoms with Crippen LogP contribution in [0.3, 0.4) is 0 Å². The molecule has 1 saturated heterocycles. The van der Waals surface area contributed by atoms with Crippen LogP contribution in [0.1, 0.15) is 23.7 Å². The summed E-state index contributed by atoms with van der Waals surface area (Å²) in [5.74, 6) is -2.04. The smallest absolute Gasteiger partial charge is 0.227 e. The molecule has 1 unspecified atom stereocenters. The van der Waals surface area contributed by atoms with Gasteiger partial charge in [-0.2, -0.15) is 0 Å². The van der Waals surface area contributed by atoms with Gasteiger partial charge in [0.05, 0.1) is 17.5 Å². The second kappa shape index (κ2) is 5.89. The van der Waals surface area contributed by atoms with E-state index in [0.29, 0.717) is 25.6 Å². The molecule has 1 amide bonds. The third kappa shape index (κ3) is 3.26. The summed E-state index contributed by atoms with van der Waals surface area (Å²) >= 11 is 0. The van der Waals surface area contributed by atoms with Crippen molar-refractivity contribution in [2.24, 2.45) is 5.41 Å². The van der Waals surface area contributed by atoms with Gasteiger partial charge < -0.3 is 5.32 Å². The SMILES string of the molecule is CNC(=O)C1(C)CCN(CC(=O)c2ccc(F)cc2F)C1. The average molecular weight is 296 g/mol. The summed E-state index contributed by atoms with van der Waals surface area (Å²) in [5.41, 5.74) is -0.652. The Morgan fingerprint density at radius 2 is 2.10 bits per heavy atom. The molecule has 0 aromatic heterocycles. The molecule has 0 aliphatic carbocycles. The number of hydrogen-bond donors (Lipinski definition) is 1. The predicted octanol–water partition coefficient (Wildman–Crippen LogP) is 1.61. The third-order valence-electron chi connectivity index (χ3n) is 3.93. The molecule has 4 nitrogen and oxygen atoms in total. The van der Waals surface area contributed by atoms with Crippen molar-refractivity contribution in [2.45, 2.75) is 13.3 Å². The van der Waals surface area contributed by atoms with E-state index in [0.717, 1.165) is 12.1 Å². The van der Waals surface area contributed by atoms with Gasteiger partial charge in [0, 0.05) is 19.7 Å². The standard InChI is InChI=1S/C15H18F2N2O2/c1-15(14(21)18-2)5-6-19(9-15)8-13(20)11-4-3-10(16)7-12(11)17/h3-4,7H,5-6,8-9H2,1-2H3,(H,18,21). The maximum atomic E-state index is 13.6. The first-order chi connectivity index (χ1) is 9.85. The van der Waals surface area contributed by atoms with Crippen molar-refractivity contribution in [3.05, 3.63) is 35.4 Å². The Hall–Kier alpha value is -1.82. The monoisotopic (exact) mass is 296 g/mol. The number of amides is 1. The fourth-order valence-electron chi connectivity index (χ4n) is 2.68. The normalized spacial score (nSPS) is 22.3. The van der Waals surface area contributed by atoms with Crippen LogP contribution in [-0.4, -0.2) is 43.3 Å². The van der Waals surface area contributed by atoms with Gasteiger partial charge in [-0.1, -0.05) is 0 Å². The highest BCUT2D eigenvalue weighted by Crippen LogP contribution is 2.30. The van der Waals surface area contributed by atoms with E-state index in [1.807, 2.05) is 11.8 Å². The maximum absolute atomic E-state index is 13.6. The van der Waals surface area contributed by atoms with Crippen LogP contribution in [0.4, 0.5) is 8.78 Å². The van der Waals surface area contributed by atoms with Crippen LogP contribution in [0.25, 0.3) is 0 Å². The molecule has 6 heteroatoms. The minimum atomic E-state index is -0.853. The van der Waals surface area contributed by atoms with E-state index in [-0.39, 0.29) is 18.0 Å². The summed E-state index contributed by atoms with van der Waals surface area (Å²) in [6.45, 7) is 2.91. The molecule has 21 heavy (non-hydrogen) atoms. The summed E-state index contributed by atoms with van der Waals surface area (Å²) in [4.78, 5) is 25.7. The van der Waals surface area contributed by atoms with E-state index in [9.17, 15) is 18.4 Å². The van der Waals surface area contributed by atoms with Crippen molar-refractivity contribution in [3.8, 4) is 0 Å². The first-order valence-electron chi connectivity index (χ1n) is 6.78. The van der Waals surface area contributed by atoms with Crippen LogP contribution < -0.4 is 5.32 Å². The zero-order chi connectivity index (χ0) is 15.6. The van der Waals surface area contributed by atoms with Crippen molar-refractivity contribution in [2.75, 3.05) is 26.7 Å². The van der Waals surface area contributed by atoms with Crippen molar-refractivity contribution in [1.82, 2.24) is 10.2 Å². The zero-order valence-electron chi connectivity index (χ0n) is 12.1. The third-order valence-corrected chi connectivity index (χ3v) is 3.93. The summed E-state index contributed by atoms with van der Waals surface area (Å²) < 4.78 is 26.4. The predicted molar refractivity (Wildman–Crippen MR) is 73.9 cm³/mol. The number of nitrogens with one attached hydrogen (secondary N) is 1. The number of rotatable bonds is 4. The lowest BCUT2D eigenvalue weighted by Gasteiger charge is -2.22. The molecule has 1 heterocycles. The summed E-state index contributed by atoms with van der Waals surface area (Å²) in [6.07, 6.45) is 0.645. The zero-order valence-corrected chi connectivity index (χ0v) is 12.1. The number of ketones is 1. The van der Waals surface area contributed by atoms with Crippen molar-refractivity contribution < 1.29 is 18.4 Å². The van der Waals surface area contributed by atoms with Gasteiger partial charge in [-0.3, -0.25) is 14.5 Å². The van der Waals surface area contributed by atoms with E-state index < -0.39 is 22.8 Å². The molecule has 0 saturated carbocycles. The molecule has 1 aromatic rings. The fourth-order valence-corrected chi connectivity index (χ4v) is 2.68. The Balaban J connectivity index is 2.03. The Bertz CT molecular complexity index is 577. The number of Topliss-reactive ketones (excluding diaryl/α,β-unsaturated/α-hetero) is 1. The van der Waals surface area contributed by atoms with Crippen molar-refractivity contribution >= 4 is 11.7 Å². The average Bonchev–Trinajstić information content (AvgIpc) is 2.80. The van der Waals surface area contributed by atoms with Gasteiger partial charge in [-0.05, 0) is 32.0 Å². The molecule has 0 bridgehead atoms. The van der Waals surface area contributed by atoms with Gasteiger partial charge >= 0.3 is 0 Å². The van der Waals surface area contributed by atoms with Gasteiger partial charge in [-0.15, -0.1) is 0 Å². The lowest BCUT2D eigenvalue weighted by atomic mass is 9.89. The van der Waals surface area contributed by atoms with Gasteiger partial charge in [0.25, 0.3) is 0 Å². The molecule has 1 N–H and O–H groups in total. The minimum Gasteiger partial charge on any atom is -0.359 e. The molecular formula is C15H18F2N2O2. The molecule has 0 radical (unpaired) electrons. The van der Waals surface area contributed by atoms with Crippen LogP contribution in [0.15, 0.2) is 18.2 Å². The quantitative estimate of drug-likeness (QED) is 0.859. The highest BCUT2D eigenvalue weighted by molar-refractivity contribution is 5.98. The molecule has 0 spiro atoms. The minimum absolute atomic E-state index is 0.0230. The number of hydrogen-bond acceptors (Lipinski definition) is 3. The Kier molecular flexibility index (Phi) is 4.37. The first kappa shape index (κ1) is 15.6. The second-order valence-corrected chi connectivity index (χ2v) is 5.65. The number of carbonyl (C=O) groups excluding carboxylic acids is 2. The molecule has 114 valence electrons.